The van der Waals surface area contributed by atoms with Gasteiger partial charge in [-0.2, -0.15) is 0 Å². The van der Waals surface area contributed by atoms with Crippen LogP contribution >= 0.6 is 0 Å². The number of ketones is 1. The third-order valence-electron chi connectivity index (χ3n) is 4.13. The molecule has 0 radical (unpaired) electrons. The Labute approximate surface area is 170 Å². The zero-order chi connectivity index (χ0) is 21.4. The number of allylic oxidation sites excluding steroid dienone is 1. The highest BCUT2D eigenvalue weighted by molar-refractivity contribution is 5.94. The van der Waals surface area contributed by atoms with E-state index < -0.39 is 11.9 Å². The summed E-state index contributed by atoms with van der Waals surface area (Å²) in [6.07, 6.45) is 1.98. The third-order valence-corrected chi connectivity index (χ3v) is 4.13. The van der Waals surface area contributed by atoms with Gasteiger partial charge < -0.3 is 9.47 Å². The summed E-state index contributed by atoms with van der Waals surface area (Å²) < 4.78 is 10.4. The molecule has 0 fully saturated rings. The molecule has 5 nitrogen and oxygen atoms in total. The van der Waals surface area contributed by atoms with Crippen molar-refractivity contribution >= 4 is 17.7 Å². The van der Waals surface area contributed by atoms with Crippen LogP contribution in [0, 0.1) is 0 Å². The highest BCUT2D eigenvalue weighted by Gasteiger charge is 2.11. The Morgan fingerprint density at radius 2 is 1.34 bits per heavy atom. The summed E-state index contributed by atoms with van der Waals surface area (Å²) in [6, 6.07) is 13.3. The number of rotatable bonds is 9. The summed E-state index contributed by atoms with van der Waals surface area (Å²) in [7, 11) is 0. The van der Waals surface area contributed by atoms with E-state index in [4.69, 9.17) is 9.47 Å². The molecule has 150 valence electrons. The van der Waals surface area contributed by atoms with E-state index in [1.54, 1.807) is 26.0 Å². The maximum absolute atomic E-state index is 12.3. The molecule has 0 aliphatic rings. The SMILES string of the molecule is C=C(C)C(=O)CCCc1ccc(OC(=O)c2ccc(OC(=O)C(=C)C)cc2)cc1. The highest BCUT2D eigenvalue weighted by atomic mass is 16.5. The van der Waals surface area contributed by atoms with Crippen LogP contribution in [0.2, 0.25) is 0 Å². The largest absolute Gasteiger partial charge is 0.423 e. The van der Waals surface area contributed by atoms with Gasteiger partial charge in [0.2, 0.25) is 0 Å². The van der Waals surface area contributed by atoms with Gasteiger partial charge in [0.1, 0.15) is 11.5 Å². The zero-order valence-corrected chi connectivity index (χ0v) is 16.7. The van der Waals surface area contributed by atoms with E-state index in [2.05, 4.69) is 13.2 Å². The van der Waals surface area contributed by atoms with Crippen molar-refractivity contribution in [2.45, 2.75) is 33.1 Å². The van der Waals surface area contributed by atoms with Crippen molar-refractivity contribution in [1.82, 2.24) is 0 Å². The third kappa shape index (κ3) is 6.88. The summed E-state index contributed by atoms with van der Waals surface area (Å²) in [4.78, 5) is 35.3. The Kier molecular flexibility index (Phi) is 7.66. The van der Waals surface area contributed by atoms with Crippen molar-refractivity contribution in [1.29, 1.82) is 0 Å². The first-order valence-corrected chi connectivity index (χ1v) is 9.24. The monoisotopic (exact) mass is 392 g/mol. The molecule has 2 rings (SSSR count). The van der Waals surface area contributed by atoms with Gasteiger partial charge in [-0.15, -0.1) is 0 Å². The van der Waals surface area contributed by atoms with Gasteiger partial charge >= 0.3 is 11.9 Å². The van der Waals surface area contributed by atoms with Crippen molar-refractivity contribution in [3.8, 4) is 11.5 Å². The normalized spacial score (nSPS) is 10.1. The lowest BCUT2D eigenvalue weighted by Gasteiger charge is -2.07. The molecule has 0 aliphatic heterocycles. The van der Waals surface area contributed by atoms with Gasteiger partial charge in [0.25, 0.3) is 0 Å². The first kappa shape index (κ1) is 21.8. The van der Waals surface area contributed by atoms with E-state index in [0.29, 0.717) is 34.6 Å². The molecule has 0 saturated carbocycles. The minimum Gasteiger partial charge on any atom is -0.423 e. The van der Waals surface area contributed by atoms with Crippen molar-refractivity contribution in [3.63, 3.8) is 0 Å². The molecule has 0 aliphatic carbocycles. The van der Waals surface area contributed by atoms with Crippen LogP contribution in [0.5, 0.6) is 11.5 Å². The number of ether oxygens (including phenoxy) is 2. The molecule has 0 aromatic heterocycles. The van der Waals surface area contributed by atoms with Crippen LogP contribution in [0.15, 0.2) is 72.8 Å². The predicted octanol–water partition coefficient (Wildman–Crippen LogP) is 4.86. The number of aryl methyl sites for hydroxylation is 1. The van der Waals surface area contributed by atoms with Crippen LogP contribution in [-0.4, -0.2) is 17.7 Å². The Morgan fingerprint density at radius 3 is 1.90 bits per heavy atom. The quantitative estimate of drug-likeness (QED) is 0.346. The average Bonchev–Trinajstić information content (AvgIpc) is 2.69. The molecule has 0 bridgehead atoms. The number of hydrogen-bond donors (Lipinski definition) is 0. The number of Topliss-reactive ketones (excluding diaryl/α,β-unsaturated/α-hetero) is 1. The number of hydrogen-bond acceptors (Lipinski definition) is 5. The number of benzene rings is 2. The Balaban J connectivity index is 1.88. The zero-order valence-electron chi connectivity index (χ0n) is 16.7. The Bertz CT molecular complexity index is 921. The molecule has 0 heterocycles. The lowest BCUT2D eigenvalue weighted by Crippen LogP contribution is -2.10. The molecule has 2 aromatic carbocycles. The second kappa shape index (κ2) is 10.2. The molecule has 0 unspecified atom stereocenters. The standard InChI is InChI=1S/C24H24O5/c1-16(2)22(25)7-5-6-18-8-12-20(13-9-18)29-24(27)19-10-14-21(15-11-19)28-23(26)17(3)4/h8-15H,1,3,5-7H2,2,4H3. The molecule has 0 amide bonds. The summed E-state index contributed by atoms with van der Waals surface area (Å²) in [5, 5.41) is 0. The van der Waals surface area contributed by atoms with E-state index in [0.717, 1.165) is 18.4 Å². The molecule has 29 heavy (non-hydrogen) atoms. The van der Waals surface area contributed by atoms with Gasteiger partial charge in [-0.25, -0.2) is 9.59 Å². The smallest absolute Gasteiger partial charge is 0.343 e. The molecule has 0 saturated heterocycles. The summed E-state index contributed by atoms with van der Waals surface area (Å²) in [6.45, 7) is 10.4. The second-order valence-corrected chi connectivity index (χ2v) is 6.78. The van der Waals surface area contributed by atoms with Gasteiger partial charge in [-0.05, 0) is 74.2 Å². The van der Waals surface area contributed by atoms with Crippen LogP contribution < -0.4 is 9.47 Å². The lowest BCUT2D eigenvalue weighted by atomic mass is 10.0. The first-order chi connectivity index (χ1) is 13.8. The Morgan fingerprint density at radius 1 is 0.793 bits per heavy atom. The minimum absolute atomic E-state index is 0.0796. The molecule has 2 aromatic rings. The fourth-order valence-corrected chi connectivity index (χ4v) is 2.41. The molecular weight excluding hydrogens is 368 g/mol. The van der Waals surface area contributed by atoms with Gasteiger partial charge in [0.15, 0.2) is 5.78 Å². The van der Waals surface area contributed by atoms with Crippen LogP contribution in [0.4, 0.5) is 0 Å². The van der Waals surface area contributed by atoms with Crippen molar-refractivity contribution in [2.75, 3.05) is 0 Å². The van der Waals surface area contributed by atoms with Crippen LogP contribution in [-0.2, 0) is 16.0 Å². The number of carbonyl (C=O) groups is 3. The van der Waals surface area contributed by atoms with Crippen LogP contribution in [0.25, 0.3) is 0 Å². The van der Waals surface area contributed by atoms with Crippen molar-refractivity contribution in [3.05, 3.63) is 84.0 Å². The van der Waals surface area contributed by atoms with E-state index in [9.17, 15) is 14.4 Å². The van der Waals surface area contributed by atoms with Crippen LogP contribution in [0.1, 0.15) is 42.6 Å². The van der Waals surface area contributed by atoms with E-state index in [-0.39, 0.29) is 5.78 Å². The van der Waals surface area contributed by atoms with E-state index in [1.807, 2.05) is 12.1 Å². The van der Waals surface area contributed by atoms with Crippen LogP contribution in [0.3, 0.4) is 0 Å². The number of carbonyl (C=O) groups excluding carboxylic acids is 3. The highest BCUT2D eigenvalue weighted by Crippen LogP contribution is 2.18. The lowest BCUT2D eigenvalue weighted by molar-refractivity contribution is -0.130. The topological polar surface area (TPSA) is 69.7 Å². The summed E-state index contributed by atoms with van der Waals surface area (Å²) >= 11 is 0. The second-order valence-electron chi connectivity index (χ2n) is 6.78. The van der Waals surface area contributed by atoms with Crippen molar-refractivity contribution < 1.29 is 23.9 Å². The van der Waals surface area contributed by atoms with Gasteiger partial charge in [0, 0.05) is 12.0 Å². The average molecular weight is 392 g/mol. The summed E-state index contributed by atoms with van der Waals surface area (Å²) in [5.41, 5.74) is 2.26. The fraction of sp³-hybridized carbons (Fsp3) is 0.208. The maximum Gasteiger partial charge on any atom is 0.343 e. The van der Waals surface area contributed by atoms with E-state index in [1.165, 1.54) is 24.3 Å². The number of esters is 2. The van der Waals surface area contributed by atoms with E-state index >= 15 is 0 Å². The molecule has 0 N–H and O–H groups in total. The maximum atomic E-state index is 12.3. The molecule has 5 heteroatoms. The fourth-order valence-electron chi connectivity index (χ4n) is 2.41. The molecule has 0 spiro atoms. The summed E-state index contributed by atoms with van der Waals surface area (Å²) in [5.74, 6) is -0.207. The van der Waals surface area contributed by atoms with Gasteiger partial charge in [-0.3, -0.25) is 4.79 Å². The Hall–Kier alpha value is -3.47. The van der Waals surface area contributed by atoms with Crippen molar-refractivity contribution in [2.24, 2.45) is 0 Å². The van der Waals surface area contributed by atoms with Gasteiger partial charge in [0.05, 0.1) is 5.56 Å². The predicted molar refractivity (Wildman–Crippen MR) is 111 cm³/mol. The minimum atomic E-state index is -0.524. The van der Waals surface area contributed by atoms with Gasteiger partial charge in [-0.1, -0.05) is 25.3 Å². The molecular formula is C24H24O5. The first-order valence-electron chi connectivity index (χ1n) is 9.24. The molecule has 0 atom stereocenters.